The van der Waals surface area contributed by atoms with Gasteiger partial charge < -0.3 is 14.6 Å². The number of benzene rings is 1. The fraction of sp³-hybridized carbons (Fsp3) is 0.471. The van der Waals surface area contributed by atoms with Gasteiger partial charge in [-0.25, -0.2) is 4.98 Å². The summed E-state index contributed by atoms with van der Waals surface area (Å²) in [5, 5.41) is 3.61. The van der Waals surface area contributed by atoms with Gasteiger partial charge in [-0.3, -0.25) is 0 Å². The minimum atomic E-state index is 0.514. The molecule has 0 fully saturated rings. The van der Waals surface area contributed by atoms with Crippen LogP contribution in [0.4, 0.5) is 0 Å². The lowest BCUT2D eigenvalue weighted by atomic mass is 10.1. The zero-order valence-corrected chi connectivity index (χ0v) is 12.8. The van der Waals surface area contributed by atoms with Crippen LogP contribution in [0.15, 0.2) is 30.6 Å². The molecule has 112 valence electrons. The van der Waals surface area contributed by atoms with E-state index in [1.807, 2.05) is 17.8 Å². The third kappa shape index (κ3) is 3.10. The Morgan fingerprint density at radius 2 is 2.33 bits per heavy atom. The van der Waals surface area contributed by atoms with Gasteiger partial charge in [0.05, 0.1) is 0 Å². The molecule has 0 saturated heterocycles. The number of aromatic nitrogens is 2. The predicted molar refractivity (Wildman–Crippen MR) is 83.3 cm³/mol. The molecule has 1 atom stereocenters. The molecule has 1 N–H and O–H groups in total. The van der Waals surface area contributed by atoms with Crippen molar-refractivity contribution >= 4 is 0 Å². The van der Waals surface area contributed by atoms with E-state index in [0.717, 1.165) is 24.5 Å². The molecule has 3 rings (SSSR count). The molecule has 4 nitrogen and oxygen atoms in total. The van der Waals surface area contributed by atoms with E-state index in [1.54, 1.807) is 6.20 Å². The maximum absolute atomic E-state index is 5.87. The van der Waals surface area contributed by atoms with Crippen LogP contribution in [-0.2, 0) is 20.1 Å². The average Bonchev–Trinajstić information content (AvgIpc) is 3.09. The second kappa shape index (κ2) is 6.31. The summed E-state index contributed by atoms with van der Waals surface area (Å²) >= 11 is 0. The number of imidazole rings is 1. The zero-order chi connectivity index (χ0) is 14.7. The van der Waals surface area contributed by atoms with Gasteiger partial charge in [-0.2, -0.15) is 0 Å². The molecule has 1 aromatic heterocycles. The van der Waals surface area contributed by atoms with Crippen LogP contribution >= 0.6 is 0 Å². The van der Waals surface area contributed by atoms with Gasteiger partial charge in [0.2, 0.25) is 0 Å². The molecule has 1 heterocycles. The van der Waals surface area contributed by atoms with Crippen molar-refractivity contribution in [2.45, 2.75) is 38.8 Å². The Morgan fingerprint density at radius 3 is 3.10 bits per heavy atom. The number of hydrogen-bond donors (Lipinski definition) is 1. The van der Waals surface area contributed by atoms with E-state index in [0.29, 0.717) is 12.6 Å². The van der Waals surface area contributed by atoms with E-state index in [-0.39, 0.29) is 0 Å². The molecule has 1 aliphatic carbocycles. The van der Waals surface area contributed by atoms with Crippen molar-refractivity contribution < 1.29 is 4.74 Å². The molecule has 1 aromatic carbocycles. The van der Waals surface area contributed by atoms with E-state index in [9.17, 15) is 0 Å². The minimum Gasteiger partial charge on any atom is -0.486 e. The van der Waals surface area contributed by atoms with E-state index in [2.05, 4.69) is 35.4 Å². The molecule has 0 saturated carbocycles. The van der Waals surface area contributed by atoms with Gasteiger partial charge in [-0.1, -0.05) is 13.0 Å². The van der Waals surface area contributed by atoms with Gasteiger partial charge in [0, 0.05) is 25.5 Å². The van der Waals surface area contributed by atoms with Crippen LogP contribution in [0.1, 0.15) is 42.8 Å². The molecule has 2 aromatic rings. The molecule has 0 aliphatic heterocycles. The van der Waals surface area contributed by atoms with Crippen molar-refractivity contribution in [2.75, 3.05) is 6.54 Å². The number of fused-ring (bicyclic) bond motifs is 1. The number of ether oxygens (including phenoxy) is 1. The van der Waals surface area contributed by atoms with Crippen LogP contribution in [0.25, 0.3) is 0 Å². The first-order chi connectivity index (χ1) is 10.3. The Morgan fingerprint density at radius 1 is 1.43 bits per heavy atom. The quantitative estimate of drug-likeness (QED) is 0.887. The largest absolute Gasteiger partial charge is 0.486 e. The van der Waals surface area contributed by atoms with Crippen molar-refractivity contribution in [1.82, 2.24) is 14.9 Å². The summed E-state index contributed by atoms with van der Waals surface area (Å²) in [6, 6.07) is 6.99. The van der Waals surface area contributed by atoms with E-state index >= 15 is 0 Å². The normalized spacial score (nSPS) is 17.0. The van der Waals surface area contributed by atoms with Crippen molar-refractivity contribution in [1.29, 1.82) is 0 Å². The highest BCUT2D eigenvalue weighted by atomic mass is 16.5. The number of aryl methyl sites for hydroxylation is 2. The Labute approximate surface area is 126 Å². The van der Waals surface area contributed by atoms with Crippen molar-refractivity contribution in [3.63, 3.8) is 0 Å². The second-order valence-electron chi connectivity index (χ2n) is 5.65. The highest BCUT2D eigenvalue weighted by Crippen LogP contribution is 2.33. The van der Waals surface area contributed by atoms with Crippen LogP contribution in [0.2, 0.25) is 0 Å². The van der Waals surface area contributed by atoms with Gasteiger partial charge >= 0.3 is 0 Å². The summed E-state index contributed by atoms with van der Waals surface area (Å²) < 4.78 is 7.85. The van der Waals surface area contributed by atoms with Crippen molar-refractivity contribution in [3.05, 3.63) is 47.5 Å². The Balaban J connectivity index is 1.65. The van der Waals surface area contributed by atoms with Crippen molar-refractivity contribution in [2.24, 2.45) is 7.05 Å². The fourth-order valence-electron chi connectivity index (χ4n) is 2.90. The number of nitrogens with zero attached hydrogens (tertiary/aromatic N) is 2. The van der Waals surface area contributed by atoms with Gasteiger partial charge in [-0.15, -0.1) is 0 Å². The highest BCUT2D eigenvalue weighted by molar-refractivity contribution is 5.40. The van der Waals surface area contributed by atoms with E-state index in [4.69, 9.17) is 4.74 Å². The third-order valence-corrected chi connectivity index (χ3v) is 4.12. The van der Waals surface area contributed by atoms with Crippen molar-refractivity contribution in [3.8, 4) is 5.75 Å². The lowest BCUT2D eigenvalue weighted by molar-refractivity contribution is 0.291. The number of nitrogens with one attached hydrogen (secondary N) is 1. The lowest BCUT2D eigenvalue weighted by Crippen LogP contribution is -2.19. The Kier molecular flexibility index (Phi) is 4.25. The van der Waals surface area contributed by atoms with Crippen LogP contribution in [-0.4, -0.2) is 16.1 Å². The summed E-state index contributed by atoms with van der Waals surface area (Å²) in [6.45, 7) is 3.80. The lowest BCUT2D eigenvalue weighted by Gasteiger charge is -2.14. The second-order valence-corrected chi connectivity index (χ2v) is 5.65. The minimum absolute atomic E-state index is 0.514. The highest BCUT2D eigenvalue weighted by Gasteiger charge is 2.22. The van der Waals surface area contributed by atoms with Crippen LogP contribution in [0.3, 0.4) is 0 Å². The first kappa shape index (κ1) is 14.1. The van der Waals surface area contributed by atoms with Crippen LogP contribution in [0, 0.1) is 0 Å². The molecule has 0 radical (unpaired) electrons. The first-order valence-electron chi connectivity index (χ1n) is 7.73. The smallest absolute Gasteiger partial charge is 0.146 e. The Hall–Kier alpha value is -1.81. The maximum Gasteiger partial charge on any atom is 0.146 e. The molecule has 1 aliphatic rings. The summed E-state index contributed by atoms with van der Waals surface area (Å²) in [4.78, 5) is 4.28. The van der Waals surface area contributed by atoms with Crippen LogP contribution in [0.5, 0.6) is 5.75 Å². The summed E-state index contributed by atoms with van der Waals surface area (Å²) in [7, 11) is 1.98. The predicted octanol–water partition coefficient (Wildman–Crippen LogP) is 2.99. The Bertz CT molecular complexity index is 606. The molecule has 0 bridgehead atoms. The van der Waals surface area contributed by atoms with Gasteiger partial charge in [0.1, 0.15) is 18.2 Å². The third-order valence-electron chi connectivity index (χ3n) is 4.12. The SMILES string of the molecule is CCCNC1CCc2cc(OCc3nccn3C)ccc21. The molecule has 21 heavy (non-hydrogen) atoms. The van der Waals surface area contributed by atoms with E-state index < -0.39 is 0 Å². The van der Waals surface area contributed by atoms with Crippen LogP contribution < -0.4 is 10.1 Å². The molecule has 0 spiro atoms. The fourth-order valence-corrected chi connectivity index (χ4v) is 2.90. The average molecular weight is 285 g/mol. The van der Waals surface area contributed by atoms with E-state index in [1.165, 1.54) is 24.0 Å². The molecular formula is C17H23N3O. The summed E-state index contributed by atoms with van der Waals surface area (Å²) in [5.41, 5.74) is 2.86. The summed E-state index contributed by atoms with van der Waals surface area (Å²) in [6.07, 6.45) is 7.24. The standard InChI is InChI=1S/C17H23N3O/c1-3-8-18-16-7-4-13-11-14(5-6-15(13)16)21-12-17-19-9-10-20(17)2/h5-6,9-11,16,18H,3-4,7-8,12H2,1-2H3. The number of rotatable bonds is 6. The monoisotopic (exact) mass is 285 g/mol. The molecule has 1 unspecified atom stereocenters. The molecular weight excluding hydrogens is 262 g/mol. The zero-order valence-electron chi connectivity index (χ0n) is 12.8. The van der Waals surface area contributed by atoms with Gasteiger partial charge in [0.15, 0.2) is 0 Å². The topological polar surface area (TPSA) is 39.1 Å². The number of hydrogen-bond acceptors (Lipinski definition) is 3. The molecule has 4 heteroatoms. The maximum atomic E-state index is 5.87. The van der Waals surface area contributed by atoms with Gasteiger partial charge in [0.25, 0.3) is 0 Å². The summed E-state index contributed by atoms with van der Waals surface area (Å²) in [5.74, 6) is 1.88. The first-order valence-corrected chi connectivity index (χ1v) is 7.73. The van der Waals surface area contributed by atoms with Gasteiger partial charge in [-0.05, 0) is 49.1 Å². The molecule has 0 amide bonds.